The molecule has 1 aliphatic rings. The molecule has 220 valence electrons. The molecular formula is C26H29N3O11S. The molecule has 41 heavy (non-hydrogen) atoms. The van der Waals surface area contributed by atoms with Gasteiger partial charge in [0.05, 0.1) is 11.3 Å². The molecule has 0 radical (unpaired) electrons. The van der Waals surface area contributed by atoms with Crippen LogP contribution in [0.15, 0.2) is 30.3 Å². The van der Waals surface area contributed by atoms with E-state index in [0.29, 0.717) is 5.56 Å². The Balaban J connectivity index is 2.10. The molecule has 1 aromatic carbocycles. The molecule has 0 saturated carbocycles. The van der Waals surface area contributed by atoms with Crippen LogP contribution in [0.2, 0.25) is 0 Å². The molecule has 2 aromatic rings. The van der Waals surface area contributed by atoms with E-state index < -0.39 is 72.8 Å². The summed E-state index contributed by atoms with van der Waals surface area (Å²) >= 11 is 0.793. The Labute approximate surface area is 238 Å². The highest BCUT2D eigenvalue weighted by molar-refractivity contribution is 7.19. The predicted octanol–water partition coefficient (Wildman–Crippen LogP) is 1.16. The zero-order valence-electron chi connectivity index (χ0n) is 22.5. The minimum Gasteiger partial charge on any atom is -0.463 e. The predicted molar refractivity (Wildman–Crippen MR) is 143 cm³/mol. The summed E-state index contributed by atoms with van der Waals surface area (Å²) in [6.45, 7) is 3.95. The van der Waals surface area contributed by atoms with Crippen molar-refractivity contribution in [3.05, 3.63) is 46.3 Å². The van der Waals surface area contributed by atoms with Crippen molar-refractivity contribution in [2.75, 3.05) is 17.7 Å². The molecule has 3 rings (SSSR count). The van der Waals surface area contributed by atoms with E-state index in [9.17, 15) is 28.8 Å². The van der Waals surface area contributed by atoms with Gasteiger partial charge in [-0.3, -0.25) is 28.8 Å². The van der Waals surface area contributed by atoms with Crippen LogP contribution in [0.4, 0.5) is 10.7 Å². The van der Waals surface area contributed by atoms with E-state index in [0.717, 1.165) is 39.0 Å². The Morgan fingerprint density at radius 3 is 1.95 bits per heavy atom. The first kappa shape index (κ1) is 31.0. The Kier molecular flexibility index (Phi) is 10.0. The maximum atomic E-state index is 13.2. The maximum Gasteiger partial charge on any atom is 0.303 e. The summed E-state index contributed by atoms with van der Waals surface area (Å²) in [5.74, 6) is -4.56. The number of rotatable bonds is 10. The van der Waals surface area contributed by atoms with Gasteiger partial charge in [0.25, 0.3) is 5.91 Å². The topological polar surface area (TPSA) is 213 Å². The van der Waals surface area contributed by atoms with Gasteiger partial charge in [0, 0.05) is 33.3 Å². The number of primary amides is 1. The van der Waals surface area contributed by atoms with Gasteiger partial charge in [-0.25, -0.2) is 0 Å². The lowest BCUT2D eigenvalue weighted by Crippen LogP contribution is -2.64. The Morgan fingerprint density at radius 1 is 0.854 bits per heavy atom. The summed E-state index contributed by atoms with van der Waals surface area (Å²) < 4.78 is 27.2. The van der Waals surface area contributed by atoms with Crippen molar-refractivity contribution in [3.63, 3.8) is 0 Å². The number of ketones is 1. The third-order valence-electron chi connectivity index (χ3n) is 5.70. The molecular weight excluding hydrogens is 562 g/mol. The molecule has 5 N–H and O–H groups in total. The number of nitrogens with one attached hydrogen (secondary N) is 1. The molecule has 1 aliphatic heterocycles. The highest BCUT2D eigenvalue weighted by atomic mass is 32.1. The second kappa shape index (κ2) is 13.2. The number of benzene rings is 1. The smallest absolute Gasteiger partial charge is 0.303 e. The van der Waals surface area contributed by atoms with Crippen molar-refractivity contribution < 1.29 is 52.5 Å². The van der Waals surface area contributed by atoms with Crippen LogP contribution in [0.25, 0.3) is 0 Å². The fourth-order valence-corrected chi connectivity index (χ4v) is 5.27. The average molecular weight is 592 g/mol. The third kappa shape index (κ3) is 7.58. The number of thiophene rings is 1. The maximum absolute atomic E-state index is 13.2. The number of carbonyl (C=O) groups is 6. The number of esters is 4. The Hall–Kier alpha value is -4.50. The molecule has 1 fully saturated rings. The van der Waals surface area contributed by atoms with Crippen LogP contribution in [0.3, 0.4) is 0 Å². The van der Waals surface area contributed by atoms with Crippen LogP contribution >= 0.6 is 11.3 Å². The highest BCUT2D eigenvalue weighted by Crippen LogP contribution is 2.39. The first-order valence-corrected chi connectivity index (χ1v) is 13.0. The number of nitrogen functional groups attached to an aromatic ring is 1. The van der Waals surface area contributed by atoms with Gasteiger partial charge < -0.3 is 40.5 Å². The quantitative estimate of drug-likeness (QED) is 0.201. The zero-order valence-corrected chi connectivity index (χ0v) is 23.4. The van der Waals surface area contributed by atoms with Gasteiger partial charge in [-0.2, -0.15) is 0 Å². The number of hydrogen-bond acceptors (Lipinski definition) is 14. The van der Waals surface area contributed by atoms with Crippen molar-refractivity contribution in [1.29, 1.82) is 0 Å². The van der Waals surface area contributed by atoms with Crippen molar-refractivity contribution in [1.82, 2.24) is 0 Å². The van der Waals surface area contributed by atoms with Gasteiger partial charge in [-0.05, 0) is 0 Å². The number of nitrogens with two attached hydrogens (primary N) is 2. The lowest BCUT2D eigenvalue weighted by atomic mass is 9.97. The number of ether oxygens (including phenoxy) is 5. The summed E-state index contributed by atoms with van der Waals surface area (Å²) in [5, 5.41) is 2.84. The van der Waals surface area contributed by atoms with Gasteiger partial charge >= 0.3 is 23.9 Å². The van der Waals surface area contributed by atoms with Crippen LogP contribution < -0.4 is 16.8 Å². The van der Waals surface area contributed by atoms with Crippen molar-refractivity contribution in [2.45, 2.75) is 58.3 Å². The number of amides is 1. The lowest BCUT2D eigenvalue weighted by molar-refractivity contribution is -0.247. The summed E-state index contributed by atoms with van der Waals surface area (Å²) in [6, 6.07) is 8.17. The minimum absolute atomic E-state index is 0.00173. The van der Waals surface area contributed by atoms with E-state index in [1.165, 1.54) is 0 Å². The monoisotopic (exact) mass is 591 g/mol. The van der Waals surface area contributed by atoms with Crippen LogP contribution in [0.1, 0.15) is 53.3 Å². The number of carbonyl (C=O) groups excluding carboxylic acids is 6. The largest absolute Gasteiger partial charge is 0.463 e. The van der Waals surface area contributed by atoms with Crippen molar-refractivity contribution in [3.8, 4) is 0 Å². The van der Waals surface area contributed by atoms with E-state index in [1.54, 1.807) is 30.3 Å². The first-order chi connectivity index (χ1) is 19.3. The molecule has 1 amide bonds. The standard InChI is InChI=1S/C26H29N3O11S/c1-11(30)36-10-16-20(37-12(2)31)21(38-13(3)32)22(39-14(4)33)25(40-16)29-26-17(24(28)35)18(27)23(41-26)19(34)15-8-6-5-7-9-15/h5-9,16,20-22,25,29H,10,27H2,1-4H3,(H2,28,35)/t16-,20-,21+,22-,25-/m1/s1. The second-order valence-corrected chi connectivity index (χ2v) is 9.89. The summed E-state index contributed by atoms with van der Waals surface area (Å²) in [7, 11) is 0. The van der Waals surface area contributed by atoms with E-state index >= 15 is 0 Å². The molecule has 5 atom stereocenters. The lowest BCUT2D eigenvalue weighted by Gasteiger charge is -2.44. The minimum atomic E-state index is -1.47. The molecule has 0 aliphatic carbocycles. The Morgan fingerprint density at radius 2 is 1.41 bits per heavy atom. The van der Waals surface area contributed by atoms with Crippen LogP contribution in [-0.2, 0) is 42.9 Å². The molecule has 1 saturated heterocycles. The van der Waals surface area contributed by atoms with Crippen LogP contribution in [0.5, 0.6) is 0 Å². The van der Waals surface area contributed by atoms with E-state index in [4.69, 9.17) is 35.2 Å². The molecule has 2 heterocycles. The normalized spacial score (nSPS) is 21.7. The number of hydrogen-bond donors (Lipinski definition) is 3. The fourth-order valence-electron chi connectivity index (χ4n) is 4.15. The first-order valence-electron chi connectivity index (χ1n) is 12.2. The molecule has 0 spiro atoms. The SMILES string of the molecule is CC(=O)OC[C@H]1O[C@@H](Nc2sc(C(=O)c3ccccc3)c(N)c2C(N)=O)[C@H](OC(C)=O)[C@@H](OC(C)=O)[C@@H]1OC(C)=O. The second-order valence-electron chi connectivity index (χ2n) is 8.87. The van der Waals surface area contributed by atoms with Crippen molar-refractivity contribution in [2.24, 2.45) is 5.73 Å². The van der Waals surface area contributed by atoms with Crippen LogP contribution in [0, 0.1) is 0 Å². The van der Waals surface area contributed by atoms with E-state index in [2.05, 4.69) is 5.32 Å². The fraction of sp³-hybridized carbons (Fsp3) is 0.385. The molecule has 0 bridgehead atoms. The molecule has 0 unspecified atom stereocenters. The molecule has 1 aromatic heterocycles. The average Bonchev–Trinajstić information content (AvgIpc) is 3.21. The Bertz CT molecular complexity index is 1340. The number of anilines is 2. The summed E-state index contributed by atoms with van der Waals surface area (Å²) in [4.78, 5) is 73.2. The van der Waals surface area contributed by atoms with Crippen molar-refractivity contribution >= 4 is 57.6 Å². The summed E-state index contributed by atoms with van der Waals surface area (Å²) in [5.41, 5.74) is 11.6. The van der Waals surface area contributed by atoms with Gasteiger partial charge in [-0.1, -0.05) is 30.3 Å². The summed E-state index contributed by atoms with van der Waals surface area (Å²) in [6.07, 6.45) is -6.95. The third-order valence-corrected chi connectivity index (χ3v) is 6.83. The molecule has 14 nitrogen and oxygen atoms in total. The van der Waals surface area contributed by atoms with Crippen LogP contribution in [-0.4, -0.2) is 72.8 Å². The van der Waals surface area contributed by atoms with Gasteiger partial charge in [-0.15, -0.1) is 11.3 Å². The zero-order chi connectivity index (χ0) is 30.4. The van der Waals surface area contributed by atoms with E-state index in [1.807, 2.05) is 0 Å². The molecule has 15 heteroatoms. The van der Waals surface area contributed by atoms with E-state index in [-0.39, 0.29) is 21.1 Å². The highest BCUT2D eigenvalue weighted by Gasteiger charge is 2.52. The van der Waals surface area contributed by atoms with Gasteiger partial charge in [0.2, 0.25) is 5.78 Å². The van der Waals surface area contributed by atoms with Gasteiger partial charge in [0.15, 0.2) is 24.5 Å². The van der Waals surface area contributed by atoms with Gasteiger partial charge in [0.1, 0.15) is 22.6 Å².